The quantitative estimate of drug-likeness (QED) is 0.752. The molecule has 0 spiro atoms. The summed E-state index contributed by atoms with van der Waals surface area (Å²) in [5.74, 6) is 1.20. The molecule has 1 atom stereocenters. The average molecular weight is 240 g/mol. The Morgan fingerprint density at radius 1 is 1.44 bits per heavy atom. The second kappa shape index (κ2) is 7.80. The van der Waals surface area contributed by atoms with E-state index in [1.54, 1.807) is 0 Å². The molecule has 16 heavy (non-hydrogen) atoms. The minimum absolute atomic E-state index is 0.643. The molecule has 3 heteroatoms. The van der Waals surface area contributed by atoms with Crippen LogP contribution in [0.2, 0.25) is 0 Å². The molecule has 92 valence electrons. The van der Waals surface area contributed by atoms with E-state index in [0.717, 1.165) is 13.1 Å². The number of aromatic nitrogens is 1. The molecule has 1 aromatic heterocycles. The lowest BCUT2D eigenvalue weighted by Gasteiger charge is -2.14. The van der Waals surface area contributed by atoms with Crippen LogP contribution in [0, 0.1) is 0 Å². The van der Waals surface area contributed by atoms with Gasteiger partial charge in [0, 0.05) is 37.3 Å². The molecule has 1 rings (SSSR count). The molecule has 0 fully saturated rings. The lowest BCUT2D eigenvalue weighted by molar-refractivity contribution is 0.540. The zero-order valence-corrected chi connectivity index (χ0v) is 11.5. The van der Waals surface area contributed by atoms with E-state index in [9.17, 15) is 0 Å². The largest absolute Gasteiger partial charge is 0.354 e. The van der Waals surface area contributed by atoms with E-state index in [1.165, 1.54) is 24.2 Å². The molecule has 0 saturated heterocycles. The fraction of sp³-hybridized carbons (Fsp3) is 0.692. The van der Waals surface area contributed by atoms with E-state index in [4.69, 9.17) is 0 Å². The molecule has 0 aliphatic rings. The molecule has 0 aliphatic heterocycles. The van der Waals surface area contributed by atoms with Gasteiger partial charge in [0.2, 0.25) is 0 Å². The summed E-state index contributed by atoms with van der Waals surface area (Å²) in [4.78, 5) is 0. The van der Waals surface area contributed by atoms with Crippen molar-refractivity contribution in [2.75, 3.05) is 12.0 Å². The Kier molecular flexibility index (Phi) is 6.65. The second-order valence-corrected chi connectivity index (χ2v) is 5.11. The lowest BCUT2D eigenvalue weighted by atomic mass is 10.2. The zero-order valence-electron chi connectivity index (χ0n) is 10.7. The molecule has 0 saturated carbocycles. The molecule has 1 heterocycles. The summed E-state index contributed by atoms with van der Waals surface area (Å²) in [7, 11) is 0. The summed E-state index contributed by atoms with van der Waals surface area (Å²) in [6.07, 6.45) is 9.00. The van der Waals surface area contributed by atoms with Crippen LogP contribution in [-0.2, 0) is 13.1 Å². The van der Waals surface area contributed by atoms with E-state index in [1.807, 2.05) is 11.8 Å². The Balaban J connectivity index is 2.34. The number of rotatable bonds is 8. The number of hydrogen-bond acceptors (Lipinski definition) is 2. The molecule has 0 radical (unpaired) electrons. The summed E-state index contributed by atoms with van der Waals surface area (Å²) in [6, 6.07) is 2.86. The highest BCUT2D eigenvalue weighted by Gasteiger charge is 2.04. The SMILES string of the molecule is CCCn1ccc(CNC(CC)CSC)c1. The Hall–Kier alpha value is -0.410. The van der Waals surface area contributed by atoms with E-state index < -0.39 is 0 Å². The second-order valence-electron chi connectivity index (χ2n) is 4.20. The predicted octanol–water partition coefficient (Wildman–Crippen LogP) is 3.13. The Morgan fingerprint density at radius 3 is 2.88 bits per heavy atom. The number of aryl methyl sites for hydroxylation is 1. The molecular weight excluding hydrogens is 216 g/mol. The summed E-state index contributed by atoms with van der Waals surface area (Å²) in [6.45, 7) is 6.58. The van der Waals surface area contributed by atoms with Gasteiger partial charge in [-0.1, -0.05) is 13.8 Å². The van der Waals surface area contributed by atoms with Crippen LogP contribution in [0.4, 0.5) is 0 Å². The van der Waals surface area contributed by atoms with Crippen LogP contribution in [0.1, 0.15) is 32.3 Å². The van der Waals surface area contributed by atoms with Gasteiger partial charge in [-0.2, -0.15) is 11.8 Å². The van der Waals surface area contributed by atoms with Gasteiger partial charge in [0.1, 0.15) is 0 Å². The molecule has 1 aromatic rings. The first-order valence-electron chi connectivity index (χ1n) is 6.17. The zero-order chi connectivity index (χ0) is 11.8. The Bertz CT molecular complexity index is 283. The van der Waals surface area contributed by atoms with Gasteiger partial charge in [0.15, 0.2) is 0 Å². The number of nitrogens with one attached hydrogen (secondary N) is 1. The minimum Gasteiger partial charge on any atom is -0.354 e. The van der Waals surface area contributed by atoms with Crippen molar-refractivity contribution in [3.05, 3.63) is 24.0 Å². The maximum Gasteiger partial charge on any atom is 0.0223 e. The van der Waals surface area contributed by atoms with Gasteiger partial charge in [-0.15, -0.1) is 0 Å². The highest BCUT2D eigenvalue weighted by Crippen LogP contribution is 2.05. The molecule has 2 nitrogen and oxygen atoms in total. The van der Waals surface area contributed by atoms with E-state index in [-0.39, 0.29) is 0 Å². The van der Waals surface area contributed by atoms with Gasteiger partial charge in [0.25, 0.3) is 0 Å². The van der Waals surface area contributed by atoms with Crippen molar-refractivity contribution in [2.45, 2.75) is 45.8 Å². The third-order valence-electron chi connectivity index (χ3n) is 2.75. The first-order chi connectivity index (χ1) is 7.80. The van der Waals surface area contributed by atoms with Crippen molar-refractivity contribution in [2.24, 2.45) is 0 Å². The molecule has 1 unspecified atom stereocenters. The van der Waals surface area contributed by atoms with Crippen LogP contribution in [-0.4, -0.2) is 22.6 Å². The minimum atomic E-state index is 0.643. The van der Waals surface area contributed by atoms with Gasteiger partial charge in [0.05, 0.1) is 0 Å². The topological polar surface area (TPSA) is 17.0 Å². The van der Waals surface area contributed by atoms with Gasteiger partial charge in [-0.3, -0.25) is 0 Å². The summed E-state index contributed by atoms with van der Waals surface area (Å²) in [5.41, 5.74) is 1.40. The number of nitrogens with zero attached hydrogens (tertiary/aromatic N) is 1. The molecular formula is C13H24N2S. The van der Waals surface area contributed by atoms with Crippen LogP contribution in [0.25, 0.3) is 0 Å². The first-order valence-corrected chi connectivity index (χ1v) is 7.56. The molecule has 0 aliphatic carbocycles. The normalized spacial score (nSPS) is 12.9. The number of hydrogen-bond donors (Lipinski definition) is 1. The van der Waals surface area contributed by atoms with Crippen molar-refractivity contribution in [3.63, 3.8) is 0 Å². The van der Waals surface area contributed by atoms with Gasteiger partial charge in [-0.05, 0) is 30.7 Å². The smallest absolute Gasteiger partial charge is 0.0223 e. The standard InChI is InChI=1S/C13H24N2S/c1-4-7-15-8-6-12(10-15)9-14-13(5-2)11-16-3/h6,8,10,13-14H,4-5,7,9,11H2,1-3H3. The summed E-state index contributed by atoms with van der Waals surface area (Å²) < 4.78 is 2.27. The molecule has 1 N–H and O–H groups in total. The van der Waals surface area contributed by atoms with Crippen molar-refractivity contribution in [1.29, 1.82) is 0 Å². The van der Waals surface area contributed by atoms with Crippen LogP contribution >= 0.6 is 11.8 Å². The van der Waals surface area contributed by atoms with Crippen molar-refractivity contribution in [1.82, 2.24) is 9.88 Å². The molecule has 0 amide bonds. The monoisotopic (exact) mass is 240 g/mol. The van der Waals surface area contributed by atoms with Gasteiger partial charge >= 0.3 is 0 Å². The fourth-order valence-corrected chi connectivity index (χ4v) is 2.53. The Morgan fingerprint density at radius 2 is 2.25 bits per heavy atom. The van der Waals surface area contributed by atoms with E-state index in [0.29, 0.717) is 6.04 Å². The van der Waals surface area contributed by atoms with Gasteiger partial charge in [-0.25, -0.2) is 0 Å². The van der Waals surface area contributed by atoms with Crippen LogP contribution in [0.3, 0.4) is 0 Å². The fourth-order valence-electron chi connectivity index (χ4n) is 1.78. The third kappa shape index (κ3) is 4.62. The molecule has 0 bridgehead atoms. The maximum absolute atomic E-state index is 3.61. The third-order valence-corrected chi connectivity index (χ3v) is 3.48. The van der Waals surface area contributed by atoms with E-state index >= 15 is 0 Å². The van der Waals surface area contributed by atoms with E-state index in [2.05, 4.69) is 48.4 Å². The van der Waals surface area contributed by atoms with Crippen molar-refractivity contribution < 1.29 is 0 Å². The highest BCUT2D eigenvalue weighted by atomic mass is 32.2. The van der Waals surface area contributed by atoms with Crippen molar-refractivity contribution in [3.8, 4) is 0 Å². The maximum atomic E-state index is 3.61. The van der Waals surface area contributed by atoms with Crippen LogP contribution < -0.4 is 5.32 Å². The van der Waals surface area contributed by atoms with Gasteiger partial charge < -0.3 is 9.88 Å². The predicted molar refractivity (Wildman–Crippen MR) is 74.0 cm³/mol. The lowest BCUT2D eigenvalue weighted by Crippen LogP contribution is -2.29. The van der Waals surface area contributed by atoms with Crippen LogP contribution in [0.15, 0.2) is 18.5 Å². The average Bonchev–Trinajstić information content (AvgIpc) is 2.72. The first kappa shape index (κ1) is 13.7. The highest BCUT2D eigenvalue weighted by molar-refractivity contribution is 7.98. The summed E-state index contributed by atoms with van der Waals surface area (Å²) >= 11 is 1.92. The van der Waals surface area contributed by atoms with Crippen molar-refractivity contribution >= 4 is 11.8 Å². The number of thioether (sulfide) groups is 1. The molecule has 0 aromatic carbocycles. The van der Waals surface area contributed by atoms with Crippen LogP contribution in [0.5, 0.6) is 0 Å². The summed E-state index contributed by atoms with van der Waals surface area (Å²) in [5, 5.41) is 3.61. The Labute approximate surface area is 104 Å².